The minimum absolute atomic E-state index is 0.102. The normalized spacial score (nSPS) is 24.1. The van der Waals surface area contributed by atoms with E-state index in [9.17, 15) is 31.2 Å². The fourth-order valence-corrected chi connectivity index (χ4v) is 7.54. The number of rotatable bonds is 8. The van der Waals surface area contributed by atoms with Crippen molar-refractivity contribution in [2.24, 2.45) is 5.92 Å². The Balaban J connectivity index is 1.51. The summed E-state index contributed by atoms with van der Waals surface area (Å²) >= 11 is 0. The summed E-state index contributed by atoms with van der Waals surface area (Å²) in [7, 11) is -1.59. The highest BCUT2D eigenvalue weighted by molar-refractivity contribution is 7.91. The van der Waals surface area contributed by atoms with Gasteiger partial charge in [-0.3, -0.25) is 9.59 Å². The van der Waals surface area contributed by atoms with Crippen molar-refractivity contribution in [2.45, 2.75) is 74.8 Å². The molecule has 0 aromatic heterocycles. The quantitative estimate of drug-likeness (QED) is 0.502. The Labute approximate surface area is 233 Å². The summed E-state index contributed by atoms with van der Waals surface area (Å²) in [6.07, 6.45) is -2.26. The maximum Gasteiger partial charge on any atom is 0.416 e. The van der Waals surface area contributed by atoms with E-state index in [1.807, 2.05) is 7.05 Å². The van der Waals surface area contributed by atoms with Crippen LogP contribution in [0.1, 0.15) is 55.5 Å². The van der Waals surface area contributed by atoms with Crippen LogP contribution in [0.25, 0.3) is 0 Å². The molecule has 1 aliphatic carbocycles. The SMILES string of the molecule is CC(C)N(C)[C@H]1CC[C@H](N2CC[C@H](NC(=O)c3cccc(C(F)(F)F)c3)C2=O)[C@H](CS(=O)(=O)c2ccccc2)C1. The third kappa shape index (κ3) is 6.68. The number of alkyl halides is 3. The summed E-state index contributed by atoms with van der Waals surface area (Å²) < 4.78 is 66.0. The number of sulfone groups is 1. The minimum Gasteiger partial charge on any atom is -0.340 e. The van der Waals surface area contributed by atoms with Gasteiger partial charge in [0.05, 0.1) is 16.2 Å². The summed E-state index contributed by atoms with van der Waals surface area (Å²) in [5.41, 5.74) is -1.12. The number of carbonyl (C=O) groups excluding carboxylic acids is 2. The van der Waals surface area contributed by atoms with Crippen LogP contribution in [-0.4, -0.2) is 73.5 Å². The third-order valence-corrected chi connectivity index (χ3v) is 10.1. The van der Waals surface area contributed by atoms with Crippen LogP contribution in [0.4, 0.5) is 13.2 Å². The lowest BCUT2D eigenvalue weighted by Gasteiger charge is -2.44. The average molecular weight is 580 g/mol. The number of amides is 2. The molecule has 4 atom stereocenters. The molecule has 40 heavy (non-hydrogen) atoms. The van der Waals surface area contributed by atoms with Crippen molar-refractivity contribution >= 4 is 21.7 Å². The molecule has 2 amide bonds. The van der Waals surface area contributed by atoms with Gasteiger partial charge in [0.1, 0.15) is 6.04 Å². The Kier molecular flexibility index (Phi) is 8.94. The second-order valence-corrected chi connectivity index (χ2v) is 13.1. The molecule has 218 valence electrons. The molecule has 0 unspecified atom stereocenters. The molecule has 1 aliphatic heterocycles. The smallest absolute Gasteiger partial charge is 0.340 e. The number of nitrogens with one attached hydrogen (secondary N) is 1. The second kappa shape index (κ2) is 11.9. The first-order valence-electron chi connectivity index (χ1n) is 13.6. The molecule has 1 saturated carbocycles. The van der Waals surface area contributed by atoms with Crippen LogP contribution >= 0.6 is 0 Å². The van der Waals surface area contributed by atoms with E-state index in [0.717, 1.165) is 24.6 Å². The number of benzene rings is 2. The lowest BCUT2D eigenvalue weighted by atomic mass is 9.81. The summed E-state index contributed by atoms with van der Waals surface area (Å²) in [5.74, 6) is -1.50. The van der Waals surface area contributed by atoms with E-state index in [2.05, 4.69) is 24.1 Å². The van der Waals surface area contributed by atoms with Crippen LogP contribution in [0.3, 0.4) is 0 Å². The molecule has 2 aliphatic rings. The lowest BCUT2D eigenvalue weighted by Crippen LogP contribution is -2.53. The molecular formula is C29H36F3N3O4S. The lowest BCUT2D eigenvalue weighted by molar-refractivity contribution is -0.137. The van der Waals surface area contributed by atoms with Gasteiger partial charge in [-0.1, -0.05) is 24.3 Å². The van der Waals surface area contributed by atoms with Crippen molar-refractivity contribution in [3.63, 3.8) is 0 Å². The van der Waals surface area contributed by atoms with E-state index in [1.165, 1.54) is 6.07 Å². The molecule has 7 nitrogen and oxygen atoms in total. The first kappa shape index (κ1) is 30.0. The fraction of sp³-hybridized carbons (Fsp3) is 0.517. The highest BCUT2D eigenvalue weighted by Gasteiger charge is 2.44. The van der Waals surface area contributed by atoms with Crippen LogP contribution in [0.15, 0.2) is 59.5 Å². The maximum absolute atomic E-state index is 13.5. The first-order valence-corrected chi connectivity index (χ1v) is 15.2. The van der Waals surface area contributed by atoms with Crippen molar-refractivity contribution in [1.82, 2.24) is 15.1 Å². The molecule has 11 heteroatoms. The van der Waals surface area contributed by atoms with Crippen molar-refractivity contribution < 1.29 is 31.2 Å². The molecule has 4 rings (SSSR count). The van der Waals surface area contributed by atoms with E-state index >= 15 is 0 Å². The van der Waals surface area contributed by atoms with Crippen LogP contribution in [0.5, 0.6) is 0 Å². The summed E-state index contributed by atoms with van der Waals surface area (Å²) in [5, 5.41) is 2.60. The van der Waals surface area contributed by atoms with Gasteiger partial charge in [0.2, 0.25) is 5.91 Å². The van der Waals surface area contributed by atoms with Gasteiger partial charge in [-0.05, 0) is 82.8 Å². The average Bonchev–Trinajstić information content (AvgIpc) is 3.27. The molecule has 0 bridgehead atoms. The zero-order valence-electron chi connectivity index (χ0n) is 22.9. The van der Waals surface area contributed by atoms with Gasteiger partial charge in [0.25, 0.3) is 5.91 Å². The van der Waals surface area contributed by atoms with Crippen LogP contribution in [-0.2, 0) is 20.8 Å². The molecule has 1 heterocycles. The van der Waals surface area contributed by atoms with E-state index in [1.54, 1.807) is 35.2 Å². The van der Waals surface area contributed by atoms with E-state index in [-0.39, 0.29) is 46.2 Å². The topological polar surface area (TPSA) is 86.8 Å². The Bertz CT molecular complexity index is 1320. The van der Waals surface area contributed by atoms with Crippen LogP contribution in [0, 0.1) is 5.92 Å². The number of likely N-dealkylation sites (tertiary alicyclic amines) is 1. The standard InChI is InChI=1S/C29H36F3N3O4S/c1-19(2)34(3)23-12-13-26(21(17-23)18-40(38,39)24-10-5-4-6-11-24)35-15-14-25(28(35)37)33-27(36)20-8-7-9-22(16-20)29(30,31)32/h4-11,16,19,21,23,25-26H,12-15,17-18H2,1-3H3,(H,33,36)/t21-,23-,25-,26-/m0/s1. The molecule has 2 fully saturated rings. The Morgan fingerprint density at radius 2 is 1.77 bits per heavy atom. The maximum atomic E-state index is 13.5. The van der Waals surface area contributed by atoms with Crippen molar-refractivity contribution in [3.8, 4) is 0 Å². The van der Waals surface area contributed by atoms with Gasteiger partial charge in [-0.25, -0.2) is 8.42 Å². The number of nitrogens with zero attached hydrogens (tertiary/aromatic N) is 2. The number of hydrogen-bond acceptors (Lipinski definition) is 5. The number of halogens is 3. The molecule has 1 saturated heterocycles. The highest BCUT2D eigenvalue weighted by Crippen LogP contribution is 2.36. The molecule has 2 aromatic carbocycles. The van der Waals surface area contributed by atoms with Gasteiger partial charge in [0.15, 0.2) is 9.84 Å². The van der Waals surface area contributed by atoms with Gasteiger partial charge >= 0.3 is 6.18 Å². The number of carbonyl (C=O) groups is 2. The summed E-state index contributed by atoms with van der Waals surface area (Å²) in [6.45, 7) is 4.51. The fourth-order valence-electron chi connectivity index (χ4n) is 5.85. The summed E-state index contributed by atoms with van der Waals surface area (Å²) in [6, 6.07) is 11.6. The molecule has 2 aromatic rings. The zero-order chi connectivity index (χ0) is 29.2. The molecule has 0 spiro atoms. The molecule has 1 N–H and O–H groups in total. The molecule has 0 radical (unpaired) electrons. The Morgan fingerprint density at radius 1 is 1.07 bits per heavy atom. The summed E-state index contributed by atoms with van der Waals surface area (Å²) in [4.78, 5) is 30.4. The predicted octanol–water partition coefficient (Wildman–Crippen LogP) is 4.39. The van der Waals surface area contributed by atoms with E-state index in [4.69, 9.17) is 0 Å². The van der Waals surface area contributed by atoms with Crippen molar-refractivity contribution in [3.05, 3.63) is 65.7 Å². The second-order valence-electron chi connectivity index (χ2n) is 11.1. The van der Waals surface area contributed by atoms with Crippen molar-refractivity contribution in [1.29, 1.82) is 0 Å². The van der Waals surface area contributed by atoms with E-state index < -0.39 is 33.5 Å². The van der Waals surface area contributed by atoms with Crippen LogP contribution < -0.4 is 5.32 Å². The highest BCUT2D eigenvalue weighted by atomic mass is 32.2. The van der Waals surface area contributed by atoms with Gasteiger partial charge in [-0.15, -0.1) is 0 Å². The largest absolute Gasteiger partial charge is 0.416 e. The third-order valence-electron chi connectivity index (χ3n) is 8.24. The van der Waals surface area contributed by atoms with Gasteiger partial charge in [-0.2, -0.15) is 13.2 Å². The Hall–Kier alpha value is -2.92. The predicted molar refractivity (Wildman–Crippen MR) is 145 cm³/mol. The minimum atomic E-state index is -4.59. The van der Waals surface area contributed by atoms with Gasteiger partial charge in [0, 0.05) is 30.2 Å². The van der Waals surface area contributed by atoms with Crippen LogP contribution in [0.2, 0.25) is 0 Å². The zero-order valence-corrected chi connectivity index (χ0v) is 23.7. The van der Waals surface area contributed by atoms with Gasteiger partial charge < -0.3 is 15.1 Å². The monoisotopic (exact) mass is 579 g/mol. The molecular weight excluding hydrogens is 543 g/mol. The van der Waals surface area contributed by atoms with Crippen molar-refractivity contribution in [2.75, 3.05) is 19.3 Å². The first-order chi connectivity index (χ1) is 18.8. The number of hydrogen-bond donors (Lipinski definition) is 1. The van der Waals surface area contributed by atoms with E-state index in [0.29, 0.717) is 25.8 Å². The Morgan fingerprint density at radius 3 is 2.42 bits per heavy atom.